The number of halogens is 1. The van der Waals surface area contributed by atoms with E-state index in [1.54, 1.807) is 24.5 Å². The molecule has 6 nitrogen and oxygen atoms in total. The van der Waals surface area contributed by atoms with Crippen LogP contribution in [0, 0.1) is 0 Å². The maximum atomic E-state index is 14.9. The summed E-state index contributed by atoms with van der Waals surface area (Å²) in [5.41, 5.74) is -1.42. The lowest BCUT2D eigenvalue weighted by Gasteiger charge is -2.35. The molecule has 1 N–H and O–H groups in total. The Hall–Kier alpha value is -1.54. The van der Waals surface area contributed by atoms with Crippen molar-refractivity contribution < 1.29 is 17.6 Å². The number of carbonyl (C=O) groups is 1. The lowest BCUT2D eigenvalue weighted by Crippen LogP contribution is -2.55. The molecular weight excluding hydrogens is 309 g/mol. The van der Waals surface area contributed by atoms with Crippen molar-refractivity contribution in [2.45, 2.75) is 32.0 Å². The Morgan fingerprint density at radius 1 is 1.55 bits per heavy atom. The van der Waals surface area contributed by atoms with E-state index in [0.717, 1.165) is 9.87 Å². The first-order valence-corrected chi connectivity index (χ1v) is 8.82. The molecule has 22 heavy (non-hydrogen) atoms. The van der Waals surface area contributed by atoms with Gasteiger partial charge >= 0.3 is 0 Å². The number of aromatic nitrogens is 1. The molecule has 122 valence electrons. The monoisotopic (exact) mass is 329 g/mol. The molecule has 1 aromatic rings. The minimum Gasteiger partial charge on any atom is -0.349 e. The van der Waals surface area contributed by atoms with Crippen molar-refractivity contribution >= 4 is 15.9 Å². The van der Waals surface area contributed by atoms with E-state index in [0.29, 0.717) is 6.42 Å². The molecular formula is C14H20FN3O3S. The summed E-state index contributed by atoms with van der Waals surface area (Å²) in [6.45, 7) is 1.52. The SMILES string of the molecule is CCS(=O)(=O)N1CCCC(F)(C(=O)NCc2cccnc2)C1. The summed E-state index contributed by atoms with van der Waals surface area (Å²) < 4.78 is 39.6. The maximum Gasteiger partial charge on any atom is 0.259 e. The van der Waals surface area contributed by atoms with Gasteiger partial charge in [0, 0.05) is 25.5 Å². The van der Waals surface area contributed by atoms with Crippen molar-refractivity contribution in [1.29, 1.82) is 0 Å². The van der Waals surface area contributed by atoms with Crippen LogP contribution < -0.4 is 5.32 Å². The Morgan fingerprint density at radius 3 is 2.95 bits per heavy atom. The minimum atomic E-state index is -3.49. The molecule has 2 rings (SSSR count). The van der Waals surface area contributed by atoms with Gasteiger partial charge in [0.15, 0.2) is 0 Å². The number of pyridine rings is 1. The van der Waals surface area contributed by atoms with Gasteiger partial charge < -0.3 is 5.32 Å². The van der Waals surface area contributed by atoms with Crippen LogP contribution in [0.5, 0.6) is 0 Å². The van der Waals surface area contributed by atoms with Crippen LogP contribution in [0.25, 0.3) is 0 Å². The molecule has 1 saturated heterocycles. The number of piperidine rings is 1. The molecule has 1 atom stereocenters. The number of carbonyl (C=O) groups excluding carboxylic acids is 1. The molecule has 0 bridgehead atoms. The number of alkyl halides is 1. The highest BCUT2D eigenvalue weighted by Crippen LogP contribution is 2.27. The molecule has 2 heterocycles. The fraction of sp³-hybridized carbons (Fsp3) is 0.571. The number of amides is 1. The van der Waals surface area contributed by atoms with E-state index < -0.39 is 28.1 Å². The number of sulfonamides is 1. The molecule has 1 aliphatic heterocycles. The van der Waals surface area contributed by atoms with E-state index in [9.17, 15) is 17.6 Å². The van der Waals surface area contributed by atoms with Crippen molar-refractivity contribution in [1.82, 2.24) is 14.6 Å². The molecule has 0 aliphatic carbocycles. The Labute approximate surface area is 129 Å². The molecule has 1 amide bonds. The average Bonchev–Trinajstić information content (AvgIpc) is 2.53. The fourth-order valence-electron chi connectivity index (χ4n) is 2.42. The predicted octanol–water partition coefficient (Wildman–Crippen LogP) is 0.852. The lowest BCUT2D eigenvalue weighted by molar-refractivity contribution is -0.135. The number of nitrogens with one attached hydrogen (secondary N) is 1. The highest BCUT2D eigenvalue weighted by Gasteiger charge is 2.45. The van der Waals surface area contributed by atoms with Gasteiger partial charge in [-0.2, -0.15) is 4.31 Å². The van der Waals surface area contributed by atoms with Gasteiger partial charge in [-0.3, -0.25) is 9.78 Å². The molecule has 0 aromatic carbocycles. The standard InChI is InChI=1S/C14H20FN3O3S/c1-2-22(20,21)18-8-4-6-14(15,11-18)13(19)17-10-12-5-3-7-16-9-12/h3,5,7,9H,2,4,6,8,10-11H2,1H3,(H,17,19). The smallest absolute Gasteiger partial charge is 0.259 e. The Balaban J connectivity index is 2.01. The van der Waals surface area contributed by atoms with Crippen LogP contribution in [0.3, 0.4) is 0 Å². The molecule has 0 saturated carbocycles. The van der Waals surface area contributed by atoms with Gasteiger partial charge in [-0.25, -0.2) is 12.8 Å². The highest BCUT2D eigenvalue weighted by atomic mass is 32.2. The lowest BCUT2D eigenvalue weighted by atomic mass is 9.95. The van der Waals surface area contributed by atoms with E-state index in [-0.39, 0.29) is 25.3 Å². The molecule has 1 aliphatic rings. The molecule has 1 unspecified atom stereocenters. The van der Waals surface area contributed by atoms with Crippen LogP contribution in [-0.4, -0.2) is 48.1 Å². The van der Waals surface area contributed by atoms with Crippen LogP contribution in [0.2, 0.25) is 0 Å². The molecule has 0 spiro atoms. The third-order valence-electron chi connectivity index (χ3n) is 3.75. The van der Waals surface area contributed by atoms with Crippen molar-refractivity contribution in [2.24, 2.45) is 0 Å². The molecule has 1 fully saturated rings. The van der Waals surface area contributed by atoms with E-state index in [2.05, 4.69) is 10.3 Å². The summed E-state index contributed by atoms with van der Waals surface area (Å²) in [6.07, 6.45) is 3.55. The van der Waals surface area contributed by atoms with Crippen molar-refractivity contribution in [3.63, 3.8) is 0 Å². The third kappa shape index (κ3) is 3.80. The van der Waals surface area contributed by atoms with Gasteiger partial charge in [0.1, 0.15) is 0 Å². The second-order valence-electron chi connectivity index (χ2n) is 5.35. The summed E-state index contributed by atoms with van der Waals surface area (Å²) in [5.74, 6) is -0.868. The zero-order valence-electron chi connectivity index (χ0n) is 12.5. The summed E-state index contributed by atoms with van der Waals surface area (Å²) in [6, 6.07) is 3.50. The van der Waals surface area contributed by atoms with Crippen LogP contribution in [0.15, 0.2) is 24.5 Å². The van der Waals surface area contributed by atoms with E-state index in [1.165, 1.54) is 6.92 Å². The third-order valence-corrected chi connectivity index (χ3v) is 5.58. The van der Waals surface area contributed by atoms with E-state index >= 15 is 0 Å². The number of hydrogen-bond acceptors (Lipinski definition) is 4. The maximum absolute atomic E-state index is 14.9. The second kappa shape index (κ2) is 6.70. The summed E-state index contributed by atoms with van der Waals surface area (Å²) in [7, 11) is -3.49. The molecule has 0 radical (unpaired) electrons. The van der Waals surface area contributed by atoms with Crippen LogP contribution in [-0.2, 0) is 21.4 Å². The Morgan fingerprint density at radius 2 is 2.32 bits per heavy atom. The first-order chi connectivity index (χ1) is 10.4. The van der Waals surface area contributed by atoms with Gasteiger partial charge in [0.2, 0.25) is 15.7 Å². The number of nitrogens with zero attached hydrogens (tertiary/aromatic N) is 2. The van der Waals surface area contributed by atoms with Crippen LogP contribution >= 0.6 is 0 Å². The van der Waals surface area contributed by atoms with Gasteiger partial charge in [0.05, 0.1) is 12.3 Å². The van der Waals surface area contributed by atoms with Gasteiger partial charge in [-0.15, -0.1) is 0 Å². The summed E-state index contributed by atoms with van der Waals surface area (Å²) in [4.78, 5) is 16.0. The largest absolute Gasteiger partial charge is 0.349 e. The van der Waals surface area contributed by atoms with Gasteiger partial charge in [-0.05, 0) is 31.4 Å². The van der Waals surface area contributed by atoms with Crippen molar-refractivity contribution in [3.05, 3.63) is 30.1 Å². The Bertz CT molecular complexity index is 623. The summed E-state index contributed by atoms with van der Waals surface area (Å²) >= 11 is 0. The predicted molar refractivity (Wildman–Crippen MR) is 80.2 cm³/mol. The zero-order valence-corrected chi connectivity index (χ0v) is 13.3. The highest BCUT2D eigenvalue weighted by molar-refractivity contribution is 7.89. The van der Waals surface area contributed by atoms with Crippen LogP contribution in [0.1, 0.15) is 25.3 Å². The number of rotatable bonds is 5. The average molecular weight is 329 g/mol. The second-order valence-corrected chi connectivity index (χ2v) is 7.60. The fourth-order valence-corrected chi connectivity index (χ4v) is 3.60. The normalized spacial score (nSPS) is 23.2. The topological polar surface area (TPSA) is 79.4 Å². The van der Waals surface area contributed by atoms with Gasteiger partial charge in [-0.1, -0.05) is 6.07 Å². The zero-order chi connectivity index (χ0) is 16.2. The van der Waals surface area contributed by atoms with E-state index in [1.807, 2.05) is 0 Å². The summed E-state index contributed by atoms with van der Waals surface area (Å²) in [5, 5.41) is 2.52. The van der Waals surface area contributed by atoms with E-state index in [4.69, 9.17) is 0 Å². The van der Waals surface area contributed by atoms with Crippen molar-refractivity contribution in [2.75, 3.05) is 18.8 Å². The molecule has 8 heteroatoms. The Kier molecular flexibility index (Phi) is 5.12. The first kappa shape index (κ1) is 16.8. The minimum absolute atomic E-state index is 0.0294. The van der Waals surface area contributed by atoms with Gasteiger partial charge in [0.25, 0.3) is 5.91 Å². The van der Waals surface area contributed by atoms with Crippen molar-refractivity contribution in [3.8, 4) is 0 Å². The first-order valence-electron chi connectivity index (χ1n) is 7.21. The number of hydrogen-bond donors (Lipinski definition) is 1. The van der Waals surface area contributed by atoms with Crippen LogP contribution in [0.4, 0.5) is 4.39 Å². The quantitative estimate of drug-likeness (QED) is 0.869. The molecule has 1 aromatic heterocycles.